The molecular formula is C20H28N4O5. The lowest BCUT2D eigenvalue weighted by Gasteiger charge is -2.22. The molecule has 0 radical (unpaired) electrons. The number of hydrogen-bond acceptors (Lipinski definition) is 4. The van der Waals surface area contributed by atoms with Crippen molar-refractivity contribution in [2.75, 3.05) is 13.1 Å². The zero-order valence-electron chi connectivity index (χ0n) is 16.3. The molecule has 9 nitrogen and oxygen atoms in total. The molecule has 1 aromatic carbocycles. The van der Waals surface area contributed by atoms with E-state index in [-0.39, 0.29) is 25.6 Å². The lowest BCUT2D eigenvalue weighted by molar-refractivity contribution is -0.141. The minimum atomic E-state index is -1.16. The van der Waals surface area contributed by atoms with Gasteiger partial charge in [-0.25, -0.2) is 9.59 Å². The molecule has 1 atom stereocenters. The molecule has 4 amide bonds. The summed E-state index contributed by atoms with van der Waals surface area (Å²) in [4.78, 5) is 46.9. The van der Waals surface area contributed by atoms with E-state index in [1.54, 1.807) is 24.3 Å². The summed E-state index contributed by atoms with van der Waals surface area (Å²) >= 11 is 0. The number of hydrogen-bond donors (Lipinski definition) is 5. The van der Waals surface area contributed by atoms with Crippen molar-refractivity contribution < 1.29 is 24.3 Å². The number of rotatable bonds is 9. The number of benzene rings is 1. The number of amides is 4. The highest BCUT2D eigenvalue weighted by Gasteiger charge is 2.21. The molecule has 5 N–H and O–H groups in total. The lowest BCUT2D eigenvalue weighted by atomic mass is 9.96. The molecule has 29 heavy (non-hydrogen) atoms. The minimum Gasteiger partial charge on any atom is -0.480 e. The van der Waals surface area contributed by atoms with Crippen LogP contribution in [0, 0.1) is 0 Å². The van der Waals surface area contributed by atoms with Crippen molar-refractivity contribution in [1.82, 2.24) is 21.3 Å². The molecule has 1 aliphatic rings. The van der Waals surface area contributed by atoms with Crippen LogP contribution in [0.4, 0.5) is 4.79 Å². The van der Waals surface area contributed by atoms with Gasteiger partial charge in [-0.3, -0.25) is 9.59 Å². The van der Waals surface area contributed by atoms with Gasteiger partial charge in [-0.2, -0.15) is 0 Å². The van der Waals surface area contributed by atoms with Gasteiger partial charge in [0.2, 0.25) is 11.8 Å². The SMILES string of the molecule is O=C(CNC(=O)NC1CCCCC1)NCC(=O)N[C@@H](Cc1ccccc1)C(=O)O. The fourth-order valence-electron chi connectivity index (χ4n) is 3.18. The molecule has 0 unspecified atom stereocenters. The van der Waals surface area contributed by atoms with Crippen molar-refractivity contribution in [2.45, 2.75) is 50.6 Å². The molecule has 1 aliphatic carbocycles. The van der Waals surface area contributed by atoms with Gasteiger partial charge >= 0.3 is 12.0 Å². The molecule has 0 bridgehead atoms. The minimum absolute atomic E-state index is 0.134. The van der Waals surface area contributed by atoms with Crippen molar-refractivity contribution in [1.29, 1.82) is 0 Å². The highest BCUT2D eigenvalue weighted by Crippen LogP contribution is 2.17. The van der Waals surface area contributed by atoms with Gasteiger partial charge in [-0.15, -0.1) is 0 Å². The van der Waals surface area contributed by atoms with Crippen molar-refractivity contribution in [3.8, 4) is 0 Å². The standard InChI is InChI=1S/C20H28N4O5/c25-17(12-22-20(29)23-15-9-5-2-6-10-15)21-13-18(26)24-16(19(27)28)11-14-7-3-1-4-8-14/h1,3-4,7-8,15-16H,2,5-6,9-13H2,(H,21,25)(H,24,26)(H,27,28)(H2,22,23,29)/t16-/m0/s1. The molecule has 0 saturated heterocycles. The van der Waals surface area contributed by atoms with Gasteiger partial charge < -0.3 is 26.4 Å². The van der Waals surface area contributed by atoms with E-state index in [0.29, 0.717) is 0 Å². The third-order valence-corrected chi connectivity index (χ3v) is 4.71. The third kappa shape index (κ3) is 8.63. The maximum absolute atomic E-state index is 12.0. The van der Waals surface area contributed by atoms with Gasteiger partial charge in [0.1, 0.15) is 6.04 Å². The summed E-state index contributed by atoms with van der Waals surface area (Å²) < 4.78 is 0. The average Bonchev–Trinajstić information content (AvgIpc) is 2.71. The van der Waals surface area contributed by atoms with Gasteiger partial charge in [0.15, 0.2) is 0 Å². The average molecular weight is 404 g/mol. The van der Waals surface area contributed by atoms with E-state index in [4.69, 9.17) is 0 Å². The number of carboxylic acids is 1. The first-order valence-electron chi connectivity index (χ1n) is 9.81. The van der Waals surface area contributed by atoms with Crippen molar-refractivity contribution >= 4 is 23.8 Å². The van der Waals surface area contributed by atoms with Gasteiger partial charge in [0.05, 0.1) is 13.1 Å². The summed E-state index contributed by atoms with van der Waals surface area (Å²) in [6, 6.07) is 7.56. The highest BCUT2D eigenvalue weighted by molar-refractivity contribution is 5.89. The second-order valence-electron chi connectivity index (χ2n) is 7.09. The Hall–Kier alpha value is -3.10. The van der Waals surface area contributed by atoms with Crippen LogP contribution in [-0.2, 0) is 20.8 Å². The highest BCUT2D eigenvalue weighted by atomic mass is 16.4. The van der Waals surface area contributed by atoms with E-state index in [1.165, 1.54) is 6.42 Å². The van der Waals surface area contributed by atoms with Crippen LogP contribution in [0.2, 0.25) is 0 Å². The first-order chi connectivity index (χ1) is 13.9. The summed E-state index contributed by atoms with van der Waals surface area (Å²) in [5.41, 5.74) is 0.775. The monoisotopic (exact) mass is 404 g/mol. The van der Waals surface area contributed by atoms with Crippen molar-refractivity contribution in [2.24, 2.45) is 0 Å². The Labute approximate surface area is 169 Å². The number of carboxylic acid groups (broad SMARTS) is 1. The van der Waals surface area contributed by atoms with E-state index >= 15 is 0 Å². The maximum atomic E-state index is 12.0. The fraction of sp³-hybridized carbons (Fsp3) is 0.500. The van der Waals surface area contributed by atoms with Crippen LogP contribution in [-0.4, -0.2) is 54.1 Å². The van der Waals surface area contributed by atoms with Crippen LogP contribution in [0.1, 0.15) is 37.7 Å². The molecule has 9 heteroatoms. The number of nitrogens with one attached hydrogen (secondary N) is 4. The van der Waals surface area contributed by atoms with E-state index in [1.807, 2.05) is 6.07 Å². The van der Waals surface area contributed by atoms with Gasteiger partial charge in [-0.1, -0.05) is 49.6 Å². The molecule has 0 heterocycles. The zero-order valence-corrected chi connectivity index (χ0v) is 16.3. The molecule has 0 spiro atoms. The van der Waals surface area contributed by atoms with Gasteiger partial charge in [0, 0.05) is 12.5 Å². The quantitative estimate of drug-likeness (QED) is 0.409. The summed E-state index contributed by atoms with van der Waals surface area (Å²) in [5, 5.41) is 19.3. The summed E-state index contributed by atoms with van der Waals surface area (Å²) in [5.74, 6) is -2.31. The van der Waals surface area contributed by atoms with Gasteiger partial charge in [0.25, 0.3) is 0 Å². The fourth-order valence-corrected chi connectivity index (χ4v) is 3.18. The molecule has 2 rings (SSSR count). The van der Waals surface area contributed by atoms with Crippen LogP contribution in [0.25, 0.3) is 0 Å². The molecular weight excluding hydrogens is 376 g/mol. The van der Waals surface area contributed by atoms with Crippen molar-refractivity contribution in [3.05, 3.63) is 35.9 Å². The molecule has 0 aromatic heterocycles. The molecule has 0 aliphatic heterocycles. The third-order valence-electron chi connectivity index (χ3n) is 4.71. The maximum Gasteiger partial charge on any atom is 0.326 e. The number of aliphatic carboxylic acids is 1. The lowest BCUT2D eigenvalue weighted by Crippen LogP contribution is -2.49. The summed E-state index contributed by atoms with van der Waals surface area (Å²) in [6.07, 6.45) is 5.36. The predicted molar refractivity (Wildman–Crippen MR) is 106 cm³/mol. The van der Waals surface area contributed by atoms with Crippen LogP contribution >= 0.6 is 0 Å². The number of urea groups is 1. The Morgan fingerprint density at radius 2 is 1.59 bits per heavy atom. The largest absolute Gasteiger partial charge is 0.480 e. The van der Waals surface area contributed by atoms with Crippen molar-refractivity contribution in [3.63, 3.8) is 0 Å². The van der Waals surface area contributed by atoms with E-state index in [0.717, 1.165) is 31.2 Å². The molecule has 1 fully saturated rings. The van der Waals surface area contributed by atoms with Crippen LogP contribution < -0.4 is 21.3 Å². The van der Waals surface area contributed by atoms with Crippen LogP contribution in [0.5, 0.6) is 0 Å². The first kappa shape index (κ1) is 22.2. The molecule has 1 aromatic rings. The first-order valence-corrected chi connectivity index (χ1v) is 9.81. The Morgan fingerprint density at radius 1 is 0.931 bits per heavy atom. The van der Waals surface area contributed by atoms with Crippen LogP contribution in [0.3, 0.4) is 0 Å². The summed E-state index contributed by atoms with van der Waals surface area (Å²) in [7, 11) is 0. The van der Waals surface area contributed by atoms with Crippen LogP contribution in [0.15, 0.2) is 30.3 Å². The van der Waals surface area contributed by atoms with E-state index < -0.39 is 29.9 Å². The molecule has 158 valence electrons. The van der Waals surface area contributed by atoms with E-state index in [9.17, 15) is 24.3 Å². The Morgan fingerprint density at radius 3 is 2.24 bits per heavy atom. The number of carbonyl (C=O) groups excluding carboxylic acids is 3. The predicted octanol–water partition coefficient (Wildman–Crippen LogP) is 0.547. The second-order valence-corrected chi connectivity index (χ2v) is 7.09. The smallest absolute Gasteiger partial charge is 0.326 e. The zero-order chi connectivity index (χ0) is 21.1. The topological polar surface area (TPSA) is 137 Å². The Bertz CT molecular complexity index is 704. The number of carbonyl (C=O) groups is 4. The molecule has 1 saturated carbocycles. The van der Waals surface area contributed by atoms with E-state index in [2.05, 4.69) is 21.3 Å². The van der Waals surface area contributed by atoms with Gasteiger partial charge in [-0.05, 0) is 18.4 Å². The Kier molecular flexibility index (Phi) is 8.94. The Balaban J connectivity index is 1.66. The second kappa shape index (κ2) is 11.7. The normalized spacial score (nSPS) is 15.0. The summed E-state index contributed by atoms with van der Waals surface area (Å²) in [6.45, 7) is -0.637.